The average Bonchev–Trinajstić information content (AvgIpc) is 2.31. The van der Waals surface area contributed by atoms with E-state index in [0.29, 0.717) is 12.8 Å². The van der Waals surface area contributed by atoms with Crippen LogP contribution in [0.15, 0.2) is 0 Å². The molecule has 17 heavy (non-hydrogen) atoms. The minimum Gasteiger partial charge on any atom is -0.469 e. The highest BCUT2D eigenvalue weighted by Gasteiger charge is 2.12. The summed E-state index contributed by atoms with van der Waals surface area (Å²) in [5, 5.41) is 0. The summed E-state index contributed by atoms with van der Waals surface area (Å²) < 4.78 is 9.03. The van der Waals surface area contributed by atoms with Crippen molar-refractivity contribution in [3.8, 4) is 0 Å². The third-order valence-electron chi connectivity index (χ3n) is 2.38. The molecule has 0 amide bonds. The van der Waals surface area contributed by atoms with Crippen molar-refractivity contribution in [1.29, 1.82) is 0 Å². The molecule has 0 radical (unpaired) electrons. The quantitative estimate of drug-likeness (QED) is 0.532. The molecule has 0 aliphatic rings. The Labute approximate surface area is 108 Å². The number of hydrogen-bond donors (Lipinski definition) is 1. The first kappa shape index (κ1) is 18.6. The topological polar surface area (TPSA) is 78.6 Å². The molecule has 0 aromatic heterocycles. The third-order valence-corrected chi connectivity index (χ3v) is 2.38. The summed E-state index contributed by atoms with van der Waals surface area (Å²) in [6.07, 6.45) is 4.69. The Morgan fingerprint density at radius 3 is 2.18 bits per heavy atom. The molecular weight excluding hydrogens is 246 g/mol. The monoisotopic (exact) mass is 267 g/mol. The van der Waals surface area contributed by atoms with Crippen molar-refractivity contribution in [1.82, 2.24) is 0 Å². The van der Waals surface area contributed by atoms with Gasteiger partial charge in [-0.05, 0) is 12.8 Å². The minimum atomic E-state index is -0.523. The van der Waals surface area contributed by atoms with Crippen molar-refractivity contribution >= 4 is 24.3 Å². The lowest BCUT2D eigenvalue weighted by Gasteiger charge is -2.08. The van der Waals surface area contributed by atoms with Crippen LogP contribution in [0.1, 0.15) is 38.5 Å². The number of rotatable bonds is 8. The van der Waals surface area contributed by atoms with Crippen LogP contribution in [0.5, 0.6) is 0 Å². The van der Waals surface area contributed by atoms with E-state index in [1.165, 1.54) is 14.2 Å². The number of halogens is 1. The van der Waals surface area contributed by atoms with E-state index in [-0.39, 0.29) is 24.3 Å². The Morgan fingerprint density at radius 2 is 1.65 bits per heavy atom. The van der Waals surface area contributed by atoms with Gasteiger partial charge in [0.05, 0.1) is 14.2 Å². The molecule has 5 nitrogen and oxygen atoms in total. The molecule has 1 unspecified atom stereocenters. The second-order valence-corrected chi connectivity index (χ2v) is 3.66. The molecule has 102 valence electrons. The lowest BCUT2D eigenvalue weighted by atomic mass is 10.1. The van der Waals surface area contributed by atoms with E-state index in [1.807, 2.05) is 0 Å². The number of methoxy groups -OCH3 is 2. The second-order valence-electron chi connectivity index (χ2n) is 3.66. The molecule has 0 aromatic rings. The van der Waals surface area contributed by atoms with Gasteiger partial charge in [0, 0.05) is 6.42 Å². The second kappa shape index (κ2) is 11.7. The summed E-state index contributed by atoms with van der Waals surface area (Å²) in [7, 11) is 2.72. The average molecular weight is 268 g/mol. The lowest BCUT2D eigenvalue weighted by molar-refractivity contribution is -0.142. The van der Waals surface area contributed by atoms with Gasteiger partial charge in [0.1, 0.15) is 6.04 Å². The predicted octanol–water partition coefficient (Wildman–Crippen LogP) is 1.42. The number of unbranched alkanes of at least 4 members (excludes halogenated alkanes) is 3. The Kier molecular flexibility index (Phi) is 12.7. The summed E-state index contributed by atoms with van der Waals surface area (Å²) in [4.78, 5) is 21.7. The molecule has 2 N–H and O–H groups in total. The summed E-state index contributed by atoms with van der Waals surface area (Å²) in [5.41, 5.74) is 5.56. The molecule has 0 aliphatic heterocycles. The van der Waals surface area contributed by atoms with Crippen LogP contribution in [-0.4, -0.2) is 32.2 Å². The molecule has 6 heteroatoms. The van der Waals surface area contributed by atoms with E-state index in [0.717, 1.165) is 25.7 Å². The summed E-state index contributed by atoms with van der Waals surface area (Å²) in [6, 6.07) is -0.523. The normalized spacial score (nSPS) is 11.2. The van der Waals surface area contributed by atoms with Crippen molar-refractivity contribution in [2.75, 3.05) is 14.2 Å². The van der Waals surface area contributed by atoms with E-state index in [1.54, 1.807) is 0 Å². The highest BCUT2D eigenvalue weighted by molar-refractivity contribution is 5.85. The van der Waals surface area contributed by atoms with Crippen LogP contribution in [0.3, 0.4) is 0 Å². The van der Waals surface area contributed by atoms with E-state index in [9.17, 15) is 9.59 Å². The Hall–Kier alpha value is -0.810. The van der Waals surface area contributed by atoms with Crippen molar-refractivity contribution < 1.29 is 19.1 Å². The first-order chi connectivity index (χ1) is 7.61. The fraction of sp³-hybridized carbons (Fsp3) is 0.818. The maximum atomic E-state index is 11.0. The first-order valence-corrected chi connectivity index (χ1v) is 5.52. The summed E-state index contributed by atoms with van der Waals surface area (Å²) >= 11 is 0. The summed E-state index contributed by atoms with van der Waals surface area (Å²) in [5.74, 6) is -0.541. The maximum Gasteiger partial charge on any atom is 0.322 e. The zero-order valence-corrected chi connectivity index (χ0v) is 11.3. The molecule has 0 spiro atoms. The van der Waals surface area contributed by atoms with Crippen LogP contribution in [-0.2, 0) is 19.1 Å². The number of ether oxygens (including phenoxy) is 2. The van der Waals surface area contributed by atoms with Crippen LogP contribution in [0, 0.1) is 0 Å². The molecule has 1 atom stereocenters. The molecule has 0 fully saturated rings. The highest BCUT2D eigenvalue weighted by atomic mass is 35.5. The van der Waals surface area contributed by atoms with E-state index in [2.05, 4.69) is 9.47 Å². The SMILES string of the molecule is COC(=O)CCCCCCC(N)C(=O)OC.Cl. The molecule has 0 aromatic carbocycles. The number of nitrogens with two attached hydrogens (primary N) is 1. The fourth-order valence-corrected chi connectivity index (χ4v) is 1.36. The van der Waals surface area contributed by atoms with Gasteiger partial charge in [-0.2, -0.15) is 0 Å². The Bertz CT molecular complexity index is 224. The van der Waals surface area contributed by atoms with Gasteiger partial charge in [0.2, 0.25) is 0 Å². The van der Waals surface area contributed by atoms with E-state index < -0.39 is 6.04 Å². The molecule has 0 saturated heterocycles. The number of esters is 2. The first-order valence-electron chi connectivity index (χ1n) is 5.52. The van der Waals surface area contributed by atoms with Crippen LogP contribution in [0.2, 0.25) is 0 Å². The van der Waals surface area contributed by atoms with Crippen molar-refractivity contribution in [2.24, 2.45) is 5.73 Å². The molecule has 0 heterocycles. The van der Waals surface area contributed by atoms with Crippen molar-refractivity contribution in [3.05, 3.63) is 0 Å². The summed E-state index contributed by atoms with van der Waals surface area (Å²) in [6.45, 7) is 0. The van der Waals surface area contributed by atoms with E-state index >= 15 is 0 Å². The van der Waals surface area contributed by atoms with Gasteiger partial charge in [-0.25, -0.2) is 0 Å². The standard InChI is InChI=1S/C11H21NO4.ClH/c1-15-10(13)8-6-4-3-5-7-9(12)11(14)16-2;/h9H,3-8,12H2,1-2H3;1H. The fourth-order valence-electron chi connectivity index (χ4n) is 1.36. The lowest BCUT2D eigenvalue weighted by Crippen LogP contribution is -2.31. The minimum absolute atomic E-state index is 0. The van der Waals surface area contributed by atoms with Crippen molar-refractivity contribution in [3.63, 3.8) is 0 Å². The number of carbonyl (C=O) groups excluding carboxylic acids is 2. The molecule has 0 saturated carbocycles. The van der Waals surface area contributed by atoms with Crippen LogP contribution in [0.25, 0.3) is 0 Å². The Morgan fingerprint density at radius 1 is 1.06 bits per heavy atom. The third kappa shape index (κ3) is 10.1. The van der Waals surface area contributed by atoms with Gasteiger partial charge in [0.15, 0.2) is 0 Å². The van der Waals surface area contributed by atoms with Gasteiger partial charge in [-0.3, -0.25) is 9.59 Å². The van der Waals surface area contributed by atoms with Crippen LogP contribution >= 0.6 is 12.4 Å². The van der Waals surface area contributed by atoms with Gasteiger partial charge in [-0.15, -0.1) is 12.4 Å². The smallest absolute Gasteiger partial charge is 0.322 e. The molecular formula is C11H22ClNO4. The zero-order valence-electron chi connectivity index (χ0n) is 10.4. The number of carbonyl (C=O) groups is 2. The highest BCUT2D eigenvalue weighted by Crippen LogP contribution is 2.07. The van der Waals surface area contributed by atoms with Crippen LogP contribution < -0.4 is 5.73 Å². The van der Waals surface area contributed by atoms with Crippen molar-refractivity contribution in [2.45, 2.75) is 44.6 Å². The predicted molar refractivity (Wildman–Crippen MR) is 67.0 cm³/mol. The van der Waals surface area contributed by atoms with E-state index in [4.69, 9.17) is 5.73 Å². The maximum absolute atomic E-state index is 11.0. The van der Waals surface area contributed by atoms with Gasteiger partial charge in [-0.1, -0.05) is 19.3 Å². The van der Waals surface area contributed by atoms with Gasteiger partial charge in [0.25, 0.3) is 0 Å². The largest absolute Gasteiger partial charge is 0.469 e. The van der Waals surface area contributed by atoms with Gasteiger partial charge >= 0.3 is 11.9 Å². The number of hydrogen-bond acceptors (Lipinski definition) is 5. The molecule has 0 rings (SSSR count). The molecule has 0 bridgehead atoms. The van der Waals surface area contributed by atoms with Gasteiger partial charge < -0.3 is 15.2 Å². The van der Waals surface area contributed by atoms with Crippen LogP contribution in [0.4, 0.5) is 0 Å². The zero-order chi connectivity index (χ0) is 12.4. The molecule has 0 aliphatic carbocycles. The Balaban J connectivity index is 0.